The fourth-order valence-corrected chi connectivity index (χ4v) is 2.67. The predicted octanol–water partition coefficient (Wildman–Crippen LogP) is 1.97. The molecule has 0 aliphatic carbocycles. The van der Waals surface area contributed by atoms with E-state index in [1.807, 2.05) is 20.0 Å². The third-order valence-corrected chi connectivity index (χ3v) is 3.91. The van der Waals surface area contributed by atoms with Crippen LogP contribution in [0.2, 0.25) is 0 Å². The molecule has 0 spiro atoms. The Hall–Kier alpha value is -1.13. The average Bonchev–Trinajstić information content (AvgIpc) is 2.79. The number of rotatable bonds is 6. The maximum atomic E-state index is 5.77. The van der Waals surface area contributed by atoms with Crippen LogP contribution >= 0.6 is 0 Å². The highest BCUT2D eigenvalue weighted by Gasteiger charge is 2.20. The molecule has 0 saturated carbocycles. The van der Waals surface area contributed by atoms with E-state index in [1.54, 1.807) is 0 Å². The number of ether oxygens (including phenoxy) is 1. The van der Waals surface area contributed by atoms with Crippen LogP contribution in [0.15, 0.2) is 12.1 Å². The van der Waals surface area contributed by atoms with Crippen molar-refractivity contribution < 1.29 is 4.74 Å². The van der Waals surface area contributed by atoms with Gasteiger partial charge in [-0.05, 0) is 52.4 Å². The van der Waals surface area contributed by atoms with E-state index < -0.39 is 0 Å². The number of aryl methyl sites for hydroxylation is 1. The molecule has 4 heteroatoms. The highest BCUT2D eigenvalue weighted by molar-refractivity contribution is 5.24. The smallest absolute Gasteiger partial charge is 0.213 e. The SMILES string of the molecule is CNCc1ccc(OCCC2CCCN2C)nc1C. The minimum atomic E-state index is 0.685. The van der Waals surface area contributed by atoms with E-state index in [2.05, 4.69) is 28.3 Å². The van der Waals surface area contributed by atoms with E-state index in [9.17, 15) is 0 Å². The zero-order valence-electron chi connectivity index (χ0n) is 12.3. The Balaban J connectivity index is 1.81. The van der Waals surface area contributed by atoms with Crippen molar-refractivity contribution in [1.29, 1.82) is 0 Å². The first-order valence-corrected chi connectivity index (χ1v) is 7.15. The van der Waals surface area contributed by atoms with E-state index in [0.29, 0.717) is 6.04 Å². The van der Waals surface area contributed by atoms with Gasteiger partial charge in [-0.25, -0.2) is 4.98 Å². The van der Waals surface area contributed by atoms with Gasteiger partial charge in [-0.3, -0.25) is 0 Å². The standard InChI is InChI=1S/C15H25N3O/c1-12-13(11-16-2)6-7-15(17-12)19-10-8-14-5-4-9-18(14)3/h6-7,14,16H,4-5,8-11H2,1-3H3. The summed E-state index contributed by atoms with van der Waals surface area (Å²) in [5.74, 6) is 0.748. The third-order valence-electron chi connectivity index (χ3n) is 3.91. The molecule has 19 heavy (non-hydrogen) atoms. The van der Waals surface area contributed by atoms with Gasteiger partial charge in [0.15, 0.2) is 0 Å². The maximum Gasteiger partial charge on any atom is 0.213 e. The first-order valence-electron chi connectivity index (χ1n) is 7.15. The lowest BCUT2D eigenvalue weighted by atomic mass is 10.1. The molecule has 1 aromatic heterocycles. The minimum Gasteiger partial charge on any atom is -0.478 e. The van der Waals surface area contributed by atoms with Crippen LogP contribution in [0.4, 0.5) is 0 Å². The zero-order chi connectivity index (χ0) is 13.7. The lowest BCUT2D eigenvalue weighted by Crippen LogP contribution is -2.26. The second kappa shape index (κ2) is 6.87. The highest BCUT2D eigenvalue weighted by Crippen LogP contribution is 2.18. The third kappa shape index (κ3) is 3.91. The van der Waals surface area contributed by atoms with Gasteiger partial charge < -0.3 is 15.0 Å². The minimum absolute atomic E-state index is 0.685. The molecule has 0 amide bonds. The van der Waals surface area contributed by atoms with Crippen LogP contribution in [0.3, 0.4) is 0 Å². The van der Waals surface area contributed by atoms with Gasteiger partial charge in [-0.15, -0.1) is 0 Å². The van der Waals surface area contributed by atoms with Gasteiger partial charge in [-0.1, -0.05) is 6.07 Å². The number of likely N-dealkylation sites (tertiary alicyclic amines) is 1. The molecule has 106 valence electrons. The summed E-state index contributed by atoms with van der Waals surface area (Å²) < 4.78 is 5.77. The number of hydrogen-bond acceptors (Lipinski definition) is 4. The van der Waals surface area contributed by atoms with E-state index >= 15 is 0 Å². The van der Waals surface area contributed by atoms with Gasteiger partial charge in [0.1, 0.15) is 0 Å². The van der Waals surface area contributed by atoms with Crippen LogP contribution in [0.5, 0.6) is 5.88 Å². The molecule has 1 unspecified atom stereocenters. The van der Waals surface area contributed by atoms with Crippen LogP contribution < -0.4 is 10.1 Å². The summed E-state index contributed by atoms with van der Waals surface area (Å²) in [6, 6.07) is 4.75. The van der Waals surface area contributed by atoms with Gasteiger partial charge in [0, 0.05) is 24.3 Å². The molecule has 0 radical (unpaired) electrons. The van der Waals surface area contributed by atoms with Crippen molar-refractivity contribution in [3.8, 4) is 5.88 Å². The highest BCUT2D eigenvalue weighted by atomic mass is 16.5. The number of hydrogen-bond donors (Lipinski definition) is 1. The lowest BCUT2D eigenvalue weighted by Gasteiger charge is -2.19. The Morgan fingerprint density at radius 2 is 2.32 bits per heavy atom. The van der Waals surface area contributed by atoms with Crippen LogP contribution in [-0.4, -0.2) is 43.2 Å². The van der Waals surface area contributed by atoms with Gasteiger partial charge in [0.2, 0.25) is 5.88 Å². The first-order chi connectivity index (χ1) is 9.20. The molecular weight excluding hydrogens is 238 g/mol. The maximum absolute atomic E-state index is 5.77. The summed E-state index contributed by atoms with van der Waals surface area (Å²) in [4.78, 5) is 6.93. The Kier molecular flexibility index (Phi) is 5.16. The van der Waals surface area contributed by atoms with Crippen LogP contribution in [-0.2, 0) is 6.54 Å². The van der Waals surface area contributed by atoms with Crippen molar-refractivity contribution in [2.45, 2.75) is 38.8 Å². The predicted molar refractivity (Wildman–Crippen MR) is 77.5 cm³/mol. The summed E-state index contributed by atoms with van der Waals surface area (Å²) >= 11 is 0. The summed E-state index contributed by atoms with van der Waals surface area (Å²) in [7, 11) is 4.15. The summed E-state index contributed by atoms with van der Waals surface area (Å²) in [5, 5.41) is 3.14. The fraction of sp³-hybridized carbons (Fsp3) is 0.667. The topological polar surface area (TPSA) is 37.4 Å². The Morgan fingerprint density at radius 1 is 1.47 bits per heavy atom. The molecule has 1 fully saturated rings. The number of nitrogens with one attached hydrogen (secondary N) is 1. The van der Waals surface area contributed by atoms with E-state index in [-0.39, 0.29) is 0 Å². The van der Waals surface area contributed by atoms with Crippen molar-refractivity contribution in [2.75, 3.05) is 27.2 Å². The molecule has 1 N–H and O–H groups in total. The summed E-state index contributed by atoms with van der Waals surface area (Å²) in [6.45, 7) is 4.86. The molecule has 0 aromatic carbocycles. The van der Waals surface area contributed by atoms with Crippen molar-refractivity contribution in [2.24, 2.45) is 0 Å². The van der Waals surface area contributed by atoms with E-state index in [1.165, 1.54) is 24.9 Å². The first kappa shape index (κ1) is 14.3. The lowest BCUT2D eigenvalue weighted by molar-refractivity contribution is 0.228. The van der Waals surface area contributed by atoms with Crippen molar-refractivity contribution >= 4 is 0 Å². The molecule has 1 aliphatic heterocycles. The molecule has 1 atom stereocenters. The van der Waals surface area contributed by atoms with Crippen LogP contribution in [0.25, 0.3) is 0 Å². The normalized spacial score (nSPS) is 19.8. The van der Waals surface area contributed by atoms with Crippen LogP contribution in [0, 0.1) is 6.92 Å². The molecule has 0 bridgehead atoms. The second-order valence-corrected chi connectivity index (χ2v) is 5.34. The molecule has 2 heterocycles. The Morgan fingerprint density at radius 3 is 2.95 bits per heavy atom. The number of aromatic nitrogens is 1. The Labute approximate surface area is 116 Å². The number of pyridine rings is 1. The second-order valence-electron chi connectivity index (χ2n) is 5.34. The van der Waals surface area contributed by atoms with Crippen molar-refractivity contribution in [1.82, 2.24) is 15.2 Å². The molecule has 1 aromatic rings. The number of nitrogens with zero attached hydrogens (tertiary/aromatic N) is 2. The molecule has 2 rings (SSSR count). The van der Waals surface area contributed by atoms with Crippen molar-refractivity contribution in [3.63, 3.8) is 0 Å². The van der Waals surface area contributed by atoms with Crippen molar-refractivity contribution in [3.05, 3.63) is 23.4 Å². The molecular formula is C15H25N3O. The van der Waals surface area contributed by atoms with E-state index in [4.69, 9.17) is 4.74 Å². The van der Waals surface area contributed by atoms with E-state index in [0.717, 1.165) is 31.1 Å². The summed E-state index contributed by atoms with van der Waals surface area (Å²) in [5.41, 5.74) is 2.27. The molecule has 1 saturated heterocycles. The van der Waals surface area contributed by atoms with Gasteiger partial charge in [-0.2, -0.15) is 0 Å². The summed E-state index contributed by atoms with van der Waals surface area (Å²) in [6.07, 6.45) is 3.71. The van der Waals surface area contributed by atoms with Gasteiger partial charge >= 0.3 is 0 Å². The average molecular weight is 263 g/mol. The molecule has 4 nitrogen and oxygen atoms in total. The monoisotopic (exact) mass is 263 g/mol. The van der Waals surface area contributed by atoms with Gasteiger partial charge in [0.05, 0.1) is 6.61 Å². The Bertz CT molecular complexity index is 408. The quantitative estimate of drug-likeness (QED) is 0.851. The van der Waals surface area contributed by atoms with Crippen LogP contribution in [0.1, 0.15) is 30.5 Å². The fourth-order valence-electron chi connectivity index (χ4n) is 2.67. The molecule has 1 aliphatic rings. The zero-order valence-corrected chi connectivity index (χ0v) is 12.3. The largest absolute Gasteiger partial charge is 0.478 e. The van der Waals surface area contributed by atoms with Gasteiger partial charge in [0.25, 0.3) is 0 Å².